The van der Waals surface area contributed by atoms with Crippen molar-refractivity contribution in [3.05, 3.63) is 132 Å². The largest absolute Gasteiger partial charge is 0.293 e. The first kappa shape index (κ1) is 24.5. The van der Waals surface area contributed by atoms with Crippen LogP contribution in [-0.2, 0) is 0 Å². The van der Waals surface area contributed by atoms with Crippen molar-refractivity contribution in [2.24, 2.45) is 0 Å². The highest BCUT2D eigenvalue weighted by Crippen LogP contribution is 2.45. The zero-order valence-corrected chi connectivity index (χ0v) is 24.5. The Balaban J connectivity index is 1.40. The van der Waals surface area contributed by atoms with Crippen molar-refractivity contribution in [3.63, 3.8) is 0 Å². The summed E-state index contributed by atoms with van der Waals surface area (Å²) in [4.78, 5) is 13.1. The molecule has 4 heteroatoms. The van der Waals surface area contributed by atoms with E-state index in [1.807, 2.05) is 0 Å². The molecule has 0 spiro atoms. The van der Waals surface area contributed by atoms with E-state index in [1.54, 1.807) is 11.3 Å². The number of thiophene rings is 1. The molecule has 3 aromatic heterocycles. The first-order valence-electron chi connectivity index (χ1n) is 14.8. The number of fused-ring (bicyclic) bond motifs is 7. The van der Waals surface area contributed by atoms with E-state index < -0.39 is 0 Å². The Morgan fingerprint density at radius 1 is 0.674 bits per heavy atom. The van der Waals surface area contributed by atoms with Gasteiger partial charge in [0.1, 0.15) is 4.83 Å². The number of para-hydroxylation sites is 1. The lowest BCUT2D eigenvalue weighted by Crippen LogP contribution is -2.05. The number of hydrogen-bond acceptors (Lipinski definition) is 3. The minimum Gasteiger partial charge on any atom is -0.293 e. The predicted octanol–water partition coefficient (Wildman–Crippen LogP) is 10.8. The molecule has 3 heterocycles. The number of aromatic nitrogens is 3. The van der Waals surface area contributed by atoms with Crippen molar-refractivity contribution in [2.75, 3.05) is 0 Å². The van der Waals surface area contributed by atoms with Crippen molar-refractivity contribution in [1.82, 2.24) is 14.5 Å². The number of hydrogen-bond donors (Lipinski definition) is 0. The SMILES string of the molecule is CC1CC=Cc2sc3nc(-c4cccc(-c5ccccc5)c4)nc(-n4c5ccccc5c5cc6ccccc6cc54)c3c21. The second-order valence-electron chi connectivity index (χ2n) is 11.5. The lowest BCUT2D eigenvalue weighted by molar-refractivity contribution is 0.782. The molecule has 0 aliphatic heterocycles. The van der Waals surface area contributed by atoms with Gasteiger partial charge in [-0.15, -0.1) is 11.3 Å². The molecule has 3 nitrogen and oxygen atoms in total. The molecule has 0 fully saturated rings. The van der Waals surface area contributed by atoms with E-state index in [9.17, 15) is 0 Å². The van der Waals surface area contributed by atoms with Crippen molar-refractivity contribution in [2.45, 2.75) is 19.3 Å². The summed E-state index contributed by atoms with van der Waals surface area (Å²) in [5, 5.41) is 6.13. The van der Waals surface area contributed by atoms with Gasteiger partial charge < -0.3 is 0 Å². The van der Waals surface area contributed by atoms with E-state index in [0.29, 0.717) is 5.92 Å². The molecule has 0 bridgehead atoms. The van der Waals surface area contributed by atoms with Crippen LogP contribution in [0.1, 0.15) is 29.7 Å². The van der Waals surface area contributed by atoms with Gasteiger partial charge in [0.25, 0.3) is 0 Å². The summed E-state index contributed by atoms with van der Waals surface area (Å²) in [6.07, 6.45) is 5.60. The van der Waals surface area contributed by atoms with Crippen LogP contribution in [0.25, 0.3) is 77.2 Å². The summed E-state index contributed by atoms with van der Waals surface area (Å²) in [5.74, 6) is 2.12. The van der Waals surface area contributed by atoms with Gasteiger partial charge >= 0.3 is 0 Å². The average Bonchev–Trinajstić information content (AvgIpc) is 3.60. The minimum atomic E-state index is 0.400. The first-order chi connectivity index (χ1) is 21.2. The van der Waals surface area contributed by atoms with Crippen LogP contribution in [0.2, 0.25) is 0 Å². The molecule has 43 heavy (non-hydrogen) atoms. The molecular weight excluding hydrogens is 543 g/mol. The first-order valence-corrected chi connectivity index (χ1v) is 15.6. The summed E-state index contributed by atoms with van der Waals surface area (Å²) in [5.41, 5.74) is 7.07. The molecular formula is C39H27N3S. The van der Waals surface area contributed by atoms with Gasteiger partial charge in [0, 0.05) is 21.2 Å². The van der Waals surface area contributed by atoms with Crippen LogP contribution in [0.4, 0.5) is 0 Å². The Labute approximate surface area is 253 Å². The maximum absolute atomic E-state index is 5.48. The predicted molar refractivity (Wildman–Crippen MR) is 182 cm³/mol. The van der Waals surface area contributed by atoms with E-state index in [1.165, 1.54) is 48.5 Å². The highest BCUT2D eigenvalue weighted by atomic mass is 32.1. The molecule has 1 aliphatic carbocycles. The zero-order chi connectivity index (χ0) is 28.5. The standard InChI is InChI=1S/C39H27N3S/c1-24-11-9-20-34-35(24)36-38(40-37(41-39(36)43-34)29-17-10-16-26(21-29)25-12-3-2-4-13-25)42-32-19-8-7-18-30(32)31-22-27-14-5-6-15-28(27)23-33(31)42/h2-10,12-24H,11H2,1H3. The second kappa shape index (κ2) is 9.48. The maximum Gasteiger partial charge on any atom is 0.163 e. The van der Waals surface area contributed by atoms with Crippen LogP contribution in [0.15, 0.2) is 121 Å². The minimum absolute atomic E-state index is 0.400. The van der Waals surface area contributed by atoms with Gasteiger partial charge in [-0.2, -0.15) is 0 Å². The van der Waals surface area contributed by atoms with Crippen LogP contribution in [0.3, 0.4) is 0 Å². The van der Waals surface area contributed by atoms with Crippen molar-refractivity contribution in [3.8, 4) is 28.3 Å². The summed E-state index contributed by atoms with van der Waals surface area (Å²) in [7, 11) is 0. The van der Waals surface area contributed by atoms with Crippen LogP contribution in [0.5, 0.6) is 0 Å². The quantitative estimate of drug-likeness (QED) is 0.212. The van der Waals surface area contributed by atoms with Gasteiger partial charge in [-0.1, -0.05) is 104 Å². The van der Waals surface area contributed by atoms with Crippen LogP contribution < -0.4 is 0 Å². The monoisotopic (exact) mass is 569 g/mol. The lowest BCUT2D eigenvalue weighted by Gasteiger charge is -2.17. The van der Waals surface area contributed by atoms with Crippen LogP contribution >= 0.6 is 11.3 Å². The molecule has 1 unspecified atom stereocenters. The van der Waals surface area contributed by atoms with Gasteiger partial charge in [-0.25, -0.2) is 9.97 Å². The third-order valence-corrected chi connectivity index (χ3v) is 9.89. The molecule has 5 aromatic carbocycles. The van der Waals surface area contributed by atoms with Crippen LogP contribution in [-0.4, -0.2) is 14.5 Å². The average molecular weight is 570 g/mol. The molecule has 0 radical (unpaired) electrons. The van der Waals surface area contributed by atoms with E-state index in [4.69, 9.17) is 9.97 Å². The Hall–Kier alpha value is -5.06. The molecule has 0 N–H and O–H groups in total. The molecule has 204 valence electrons. The number of nitrogens with zero attached hydrogens (tertiary/aromatic N) is 3. The Bertz CT molecular complexity index is 2390. The Kier molecular flexibility index (Phi) is 5.41. The third kappa shape index (κ3) is 3.80. The summed E-state index contributed by atoms with van der Waals surface area (Å²) < 4.78 is 2.39. The zero-order valence-electron chi connectivity index (χ0n) is 23.7. The van der Waals surface area contributed by atoms with E-state index in [0.717, 1.165) is 39.5 Å². The van der Waals surface area contributed by atoms with Crippen LogP contribution in [0, 0.1) is 0 Å². The lowest BCUT2D eigenvalue weighted by atomic mass is 9.91. The number of allylic oxidation sites excluding steroid dienone is 1. The van der Waals surface area contributed by atoms with Gasteiger partial charge in [0.15, 0.2) is 11.6 Å². The van der Waals surface area contributed by atoms with Crippen molar-refractivity contribution in [1.29, 1.82) is 0 Å². The van der Waals surface area contributed by atoms with Gasteiger partial charge in [0.2, 0.25) is 0 Å². The summed E-state index contributed by atoms with van der Waals surface area (Å²) >= 11 is 1.79. The molecule has 9 rings (SSSR count). The van der Waals surface area contributed by atoms with Gasteiger partial charge in [0.05, 0.1) is 16.4 Å². The maximum atomic E-state index is 5.48. The normalized spacial score (nSPS) is 14.7. The molecule has 1 atom stereocenters. The highest BCUT2D eigenvalue weighted by Gasteiger charge is 2.26. The van der Waals surface area contributed by atoms with E-state index in [-0.39, 0.29) is 0 Å². The van der Waals surface area contributed by atoms with Crippen molar-refractivity contribution >= 4 is 60.2 Å². The van der Waals surface area contributed by atoms with Gasteiger partial charge in [-0.05, 0) is 70.1 Å². The fourth-order valence-electron chi connectivity index (χ4n) is 6.77. The fraction of sp³-hybridized carbons (Fsp3) is 0.0769. The molecule has 0 saturated heterocycles. The molecule has 8 aromatic rings. The van der Waals surface area contributed by atoms with Crippen molar-refractivity contribution < 1.29 is 0 Å². The van der Waals surface area contributed by atoms with E-state index in [2.05, 4.69) is 139 Å². The Morgan fingerprint density at radius 3 is 2.30 bits per heavy atom. The topological polar surface area (TPSA) is 30.7 Å². The highest BCUT2D eigenvalue weighted by molar-refractivity contribution is 7.19. The third-order valence-electron chi connectivity index (χ3n) is 8.83. The second-order valence-corrected chi connectivity index (χ2v) is 12.5. The fourth-order valence-corrected chi connectivity index (χ4v) is 7.99. The number of benzene rings is 5. The summed E-state index contributed by atoms with van der Waals surface area (Å²) in [6, 6.07) is 41.2. The Morgan fingerprint density at radius 2 is 1.42 bits per heavy atom. The number of rotatable bonds is 3. The molecule has 1 aliphatic rings. The van der Waals surface area contributed by atoms with Gasteiger partial charge in [-0.3, -0.25) is 4.57 Å². The van der Waals surface area contributed by atoms with E-state index >= 15 is 0 Å². The molecule has 0 amide bonds. The summed E-state index contributed by atoms with van der Waals surface area (Å²) in [6.45, 7) is 2.33. The molecule has 0 saturated carbocycles. The smallest absolute Gasteiger partial charge is 0.163 e.